The second-order valence-electron chi connectivity index (χ2n) is 5.80. The fraction of sp³-hybridized carbons (Fsp3) is 0.381. The van der Waals surface area contributed by atoms with Crippen molar-refractivity contribution in [2.45, 2.75) is 33.5 Å². The molecule has 0 fully saturated rings. The fourth-order valence-corrected chi connectivity index (χ4v) is 2.50. The van der Waals surface area contributed by atoms with Crippen molar-refractivity contribution in [3.8, 4) is 5.75 Å². The summed E-state index contributed by atoms with van der Waals surface area (Å²) >= 11 is 0. The molecule has 0 saturated carbocycles. The second-order valence-corrected chi connectivity index (χ2v) is 5.80. The van der Waals surface area contributed by atoms with E-state index >= 15 is 0 Å². The number of guanidine groups is 1. The summed E-state index contributed by atoms with van der Waals surface area (Å²) in [6.07, 6.45) is 0. The standard InChI is InChI=1S/C21H29N3O2/c1-4-22-21(23-14-17-10-12-20(25-3)13-11-17)24-15-18-8-6-7-9-19(18)16-26-5-2/h6-13H,4-5,14-16H2,1-3H3,(H2,22,23,24). The lowest BCUT2D eigenvalue weighted by Crippen LogP contribution is -2.37. The Bertz CT molecular complexity index is 684. The molecular weight excluding hydrogens is 326 g/mol. The molecule has 0 atom stereocenters. The molecule has 0 saturated heterocycles. The molecule has 2 aromatic carbocycles. The van der Waals surface area contributed by atoms with Crippen molar-refractivity contribution in [3.63, 3.8) is 0 Å². The highest BCUT2D eigenvalue weighted by molar-refractivity contribution is 5.79. The summed E-state index contributed by atoms with van der Waals surface area (Å²) < 4.78 is 10.7. The van der Waals surface area contributed by atoms with Gasteiger partial charge in [-0.3, -0.25) is 0 Å². The monoisotopic (exact) mass is 355 g/mol. The Balaban J connectivity index is 1.98. The van der Waals surface area contributed by atoms with Crippen molar-refractivity contribution < 1.29 is 9.47 Å². The van der Waals surface area contributed by atoms with Crippen LogP contribution in [0, 0.1) is 0 Å². The predicted octanol–water partition coefficient (Wildman–Crippen LogP) is 3.49. The Labute approximate surface area is 156 Å². The maximum atomic E-state index is 5.55. The van der Waals surface area contributed by atoms with Crippen LogP contribution in [0.1, 0.15) is 30.5 Å². The minimum Gasteiger partial charge on any atom is -0.497 e. The number of methoxy groups -OCH3 is 1. The van der Waals surface area contributed by atoms with E-state index in [0.717, 1.165) is 23.8 Å². The first kappa shape index (κ1) is 19.8. The molecule has 2 aromatic rings. The van der Waals surface area contributed by atoms with Crippen LogP contribution in [0.5, 0.6) is 5.75 Å². The minimum absolute atomic E-state index is 0.611. The van der Waals surface area contributed by atoms with Gasteiger partial charge < -0.3 is 20.1 Å². The van der Waals surface area contributed by atoms with Crippen molar-refractivity contribution in [3.05, 3.63) is 65.2 Å². The molecule has 0 radical (unpaired) electrons. The van der Waals surface area contributed by atoms with Crippen molar-refractivity contribution in [1.82, 2.24) is 10.6 Å². The molecule has 0 spiro atoms. The average molecular weight is 355 g/mol. The molecule has 0 heterocycles. The van der Waals surface area contributed by atoms with Crippen molar-refractivity contribution in [1.29, 1.82) is 0 Å². The number of nitrogens with one attached hydrogen (secondary N) is 2. The van der Waals surface area contributed by atoms with Gasteiger partial charge in [0.25, 0.3) is 0 Å². The van der Waals surface area contributed by atoms with Crippen LogP contribution in [0.2, 0.25) is 0 Å². The zero-order valence-electron chi connectivity index (χ0n) is 15.9. The van der Waals surface area contributed by atoms with Gasteiger partial charge in [-0.05, 0) is 42.7 Å². The number of hydrogen-bond donors (Lipinski definition) is 2. The van der Waals surface area contributed by atoms with Gasteiger partial charge in [0.15, 0.2) is 5.96 Å². The van der Waals surface area contributed by atoms with Gasteiger partial charge in [-0.15, -0.1) is 0 Å². The Hall–Kier alpha value is -2.53. The van der Waals surface area contributed by atoms with Crippen LogP contribution in [0.25, 0.3) is 0 Å². The first-order valence-corrected chi connectivity index (χ1v) is 9.06. The lowest BCUT2D eigenvalue weighted by atomic mass is 10.1. The summed E-state index contributed by atoms with van der Waals surface area (Å²) in [5.74, 6) is 1.66. The summed E-state index contributed by atoms with van der Waals surface area (Å²) in [6.45, 7) is 7.55. The summed E-state index contributed by atoms with van der Waals surface area (Å²) in [4.78, 5) is 4.67. The van der Waals surface area contributed by atoms with Gasteiger partial charge in [0.2, 0.25) is 0 Å². The molecule has 5 heteroatoms. The molecule has 0 aromatic heterocycles. The number of hydrogen-bond acceptors (Lipinski definition) is 3. The van der Waals surface area contributed by atoms with E-state index in [9.17, 15) is 0 Å². The van der Waals surface area contributed by atoms with E-state index in [4.69, 9.17) is 9.47 Å². The van der Waals surface area contributed by atoms with Crippen LogP contribution < -0.4 is 15.4 Å². The lowest BCUT2D eigenvalue weighted by molar-refractivity contribution is 0.133. The third-order valence-electron chi connectivity index (χ3n) is 3.95. The van der Waals surface area contributed by atoms with E-state index in [1.165, 1.54) is 11.1 Å². The van der Waals surface area contributed by atoms with Gasteiger partial charge in [-0.2, -0.15) is 0 Å². The number of benzene rings is 2. The van der Waals surface area contributed by atoms with Gasteiger partial charge in [-0.1, -0.05) is 36.4 Å². The number of rotatable bonds is 9. The normalized spacial score (nSPS) is 11.3. The van der Waals surface area contributed by atoms with Gasteiger partial charge in [-0.25, -0.2) is 4.99 Å². The predicted molar refractivity (Wildman–Crippen MR) is 106 cm³/mol. The van der Waals surface area contributed by atoms with Gasteiger partial charge in [0, 0.05) is 19.7 Å². The summed E-state index contributed by atoms with van der Waals surface area (Å²) in [6, 6.07) is 16.3. The van der Waals surface area contributed by atoms with E-state index in [1.807, 2.05) is 43.3 Å². The average Bonchev–Trinajstić information content (AvgIpc) is 2.69. The highest BCUT2D eigenvalue weighted by atomic mass is 16.5. The van der Waals surface area contributed by atoms with E-state index in [2.05, 4.69) is 34.7 Å². The van der Waals surface area contributed by atoms with E-state index in [1.54, 1.807) is 7.11 Å². The highest BCUT2D eigenvalue weighted by Gasteiger charge is 2.04. The topological polar surface area (TPSA) is 54.9 Å². The van der Waals surface area contributed by atoms with E-state index in [-0.39, 0.29) is 0 Å². The smallest absolute Gasteiger partial charge is 0.191 e. The van der Waals surface area contributed by atoms with Crippen molar-refractivity contribution >= 4 is 5.96 Å². The molecule has 5 nitrogen and oxygen atoms in total. The third-order valence-corrected chi connectivity index (χ3v) is 3.95. The third kappa shape index (κ3) is 6.41. The Morgan fingerprint density at radius 2 is 1.69 bits per heavy atom. The second kappa shape index (κ2) is 11.2. The van der Waals surface area contributed by atoms with Crippen LogP contribution in [0.3, 0.4) is 0 Å². The summed E-state index contributed by atoms with van der Waals surface area (Å²) in [7, 11) is 1.67. The molecule has 2 N–H and O–H groups in total. The maximum Gasteiger partial charge on any atom is 0.191 e. The highest BCUT2D eigenvalue weighted by Crippen LogP contribution is 2.12. The fourth-order valence-electron chi connectivity index (χ4n) is 2.50. The number of aliphatic imine (C=N–C) groups is 1. The van der Waals surface area contributed by atoms with Crippen LogP contribution in [-0.4, -0.2) is 26.2 Å². The van der Waals surface area contributed by atoms with Gasteiger partial charge in [0.1, 0.15) is 5.75 Å². The minimum atomic E-state index is 0.611. The maximum absolute atomic E-state index is 5.55. The largest absolute Gasteiger partial charge is 0.497 e. The Morgan fingerprint density at radius 1 is 0.962 bits per heavy atom. The Morgan fingerprint density at radius 3 is 2.35 bits per heavy atom. The van der Waals surface area contributed by atoms with Crippen LogP contribution in [0.15, 0.2) is 53.5 Å². The lowest BCUT2D eigenvalue weighted by Gasteiger charge is -2.14. The molecule has 0 amide bonds. The first-order valence-electron chi connectivity index (χ1n) is 9.06. The molecular formula is C21H29N3O2. The van der Waals surface area contributed by atoms with Crippen molar-refractivity contribution in [2.24, 2.45) is 4.99 Å². The quantitative estimate of drug-likeness (QED) is 0.534. The van der Waals surface area contributed by atoms with Crippen LogP contribution >= 0.6 is 0 Å². The van der Waals surface area contributed by atoms with Crippen LogP contribution in [0.4, 0.5) is 0 Å². The molecule has 0 unspecified atom stereocenters. The van der Waals surface area contributed by atoms with Gasteiger partial charge in [0.05, 0.1) is 20.3 Å². The summed E-state index contributed by atoms with van der Waals surface area (Å²) in [5, 5.41) is 6.70. The molecule has 0 aliphatic rings. The zero-order valence-corrected chi connectivity index (χ0v) is 15.9. The number of ether oxygens (including phenoxy) is 2. The molecule has 2 rings (SSSR count). The summed E-state index contributed by atoms with van der Waals surface area (Å²) in [5.41, 5.74) is 3.56. The molecule has 26 heavy (non-hydrogen) atoms. The molecule has 0 bridgehead atoms. The van der Waals surface area contributed by atoms with Gasteiger partial charge >= 0.3 is 0 Å². The zero-order chi connectivity index (χ0) is 18.6. The molecule has 0 aliphatic heterocycles. The first-order chi connectivity index (χ1) is 12.8. The van der Waals surface area contributed by atoms with E-state index < -0.39 is 0 Å². The van der Waals surface area contributed by atoms with Crippen LogP contribution in [-0.2, 0) is 24.4 Å². The van der Waals surface area contributed by atoms with Crippen molar-refractivity contribution in [2.75, 3.05) is 20.3 Å². The SMILES string of the molecule is CCNC(=NCc1ccc(OC)cc1)NCc1ccccc1COCC. The number of nitrogens with zero attached hydrogens (tertiary/aromatic N) is 1. The molecule has 0 aliphatic carbocycles. The Kier molecular flexibility index (Phi) is 8.49. The van der Waals surface area contributed by atoms with E-state index in [0.29, 0.717) is 26.3 Å². The molecule has 140 valence electrons.